The van der Waals surface area contributed by atoms with Gasteiger partial charge in [0.15, 0.2) is 0 Å². The van der Waals surface area contributed by atoms with Crippen LogP contribution in [0.1, 0.15) is 36.9 Å². The van der Waals surface area contributed by atoms with E-state index in [-0.39, 0.29) is 18.0 Å². The van der Waals surface area contributed by atoms with Gasteiger partial charge in [-0.15, -0.1) is 0 Å². The third-order valence-corrected chi connectivity index (χ3v) is 2.83. The SMILES string of the molecule is Cc1noc(C)c1C(C)NC(C)C(=O)N(C)C. The second-order valence-corrected chi connectivity index (χ2v) is 4.58. The first kappa shape index (κ1) is 13.7. The Balaban J connectivity index is 2.73. The summed E-state index contributed by atoms with van der Waals surface area (Å²) in [6.07, 6.45) is 0. The Morgan fingerprint density at radius 3 is 2.35 bits per heavy atom. The number of amides is 1. The van der Waals surface area contributed by atoms with E-state index < -0.39 is 0 Å². The molecule has 17 heavy (non-hydrogen) atoms. The van der Waals surface area contributed by atoms with E-state index in [0.29, 0.717) is 0 Å². The molecule has 2 unspecified atom stereocenters. The molecule has 2 atom stereocenters. The Hall–Kier alpha value is -1.36. The number of aryl methyl sites for hydroxylation is 2. The number of carbonyl (C=O) groups excluding carboxylic acids is 1. The molecule has 1 rings (SSSR count). The van der Waals surface area contributed by atoms with Crippen molar-refractivity contribution in [3.8, 4) is 0 Å². The fraction of sp³-hybridized carbons (Fsp3) is 0.667. The van der Waals surface area contributed by atoms with Crippen LogP contribution in [0.15, 0.2) is 4.52 Å². The number of rotatable bonds is 4. The van der Waals surface area contributed by atoms with Crippen LogP contribution < -0.4 is 5.32 Å². The van der Waals surface area contributed by atoms with Crippen molar-refractivity contribution in [2.75, 3.05) is 14.1 Å². The van der Waals surface area contributed by atoms with Crippen LogP contribution in [-0.2, 0) is 4.79 Å². The van der Waals surface area contributed by atoms with Crippen molar-refractivity contribution < 1.29 is 9.32 Å². The van der Waals surface area contributed by atoms with Crippen LogP contribution in [-0.4, -0.2) is 36.1 Å². The number of likely N-dealkylation sites (N-methyl/N-ethyl adjacent to an activating group) is 1. The van der Waals surface area contributed by atoms with Gasteiger partial charge >= 0.3 is 0 Å². The van der Waals surface area contributed by atoms with Crippen molar-refractivity contribution in [3.63, 3.8) is 0 Å². The van der Waals surface area contributed by atoms with Gasteiger partial charge in [-0.2, -0.15) is 0 Å². The zero-order valence-electron chi connectivity index (χ0n) is 11.4. The predicted octanol–water partition coefficient (Wildman–Crippen LogP) is 1.42. The quantitative estimate of drug-likeness (QED) is 0.863. The maximum absolute atomic E-state index is 11.7. The van der Waals surface area contributed by atoms with Gasteiger partial charge in [0.25, 0.3) is 0 Å². The van der Waals surface area contributed by atoms with E-state index >= 15 is 0 Å². The average molecular weight is 239 g/mol. The summed E-state index contributed by atoms with van der Waals surface area (Å²) in [5, 5.41) is 7.17. The number of nitrogens with zero attached hydrogens (tertiary/aromatic N) is 2. The molecule has 1 amide bonds. The van der Waals surface area contributed by atoms with E-state index in [9.17, 15) is 4.79 Å². The first-order chi connectivity index (χ1) is 7.84. The molecule has 0 saturated heterocycles. The standard InChI is InChI=1S/C12H21N3O2/c1-7(11-8(2)14-17-10(11)4)13-9(3)12(16)15(5)6/h7,9,13H,1-6H3. The second-order valence-electron chi connectivity index (χ2n) is 4.58. The minimum atomic E-state index is -0.228. The van der Waals surface area contributed by atoms with Gasteiger partial charge in [0.2, 0.25) is 5.91 Å². The van der Waals surface area contributed by atoms with Crippen LogP contribution in [0.4, 0.5) is 0 Å². The van der Waals surface area contributed by atoms with Crippen molar-refractivity contribution >= 4 is 5.91 Å². The molecular formula is C12H21N3O2. The minimum absolute atomic E-state index is 0.0418. The summed E-state index contributed by atoms with van der Waals surface area (Å²) >= 11 is 0. The lowest BCUT2D eigenvalue weighted by Crippen LogP contribution is -2.42. The fourth-order valence-corrected chi connectivity index (χ4v) is 2.03. The smallest absolute Gasteiger partial charge is 0.238 e. The molecule has 0 aliphatic rings. The van der Waals surface area contributed by atoms with Gasteiger partial charge in [0.05, 0.1) is 11.7 Å². The zero-order chi connectivity index (χ0) is 13.2. The van der Waals surface area contributed by atoms with Gasteiger partial charge in [-0.05, 0) is 27.7 Å². The van der Waals surface area contributed by atoms with E-state index in [2.05, 4.69) is 10.5 Å². The Bertz CT molecular complexity index is 379. The van der Waals surface area contributed by atoms with E-state index in [1.165, 1.54) is 0 Å². The van der Waals surface area contributed by atoms with Gasteiger partial charge in [-0.25, -0.2) is 0 Å². The van der Waals surface area contributed by atoms with Crippen molar-refractivity contribution in [2.24, 2.45) is 0 Å². The molecular weight excluding hydrogens is 218 g/mol. The van der Waals surface area contributed by atoms with Gasteiger partial charge in [-0.3, -0.25) is 10.1 Å². The fourth-order valence-electron chi connectivity index (χ4n) is 2.03. The summed E-state index contributed by atoms with van der Waals surface area (Å²) in [7, 11) is 3.50. The Morgan fingerprint density at radius 2 is 1.94 bits per heavy atom. The summed E-state index contributed by atoms with van der Waals surface area (Å²) in [4.78, 5) is 13.3. The number of carbonyl (C=O) groups is 1. The molecule has 1 aromatic rings. The van der Waals surface area contributed by atoms with Crippen LogP contribution >= 0.6 is 0 Å². The third-order valence-electron chi connectivity index (χ3n) is 2.83. The second kappa shape index (κ2) is 5.31. The molecule has 1 N–H and O–H groups in total. The lowest BCUT2D eigenvalue weighted by atomic mass is 10.1. The first-order valence-corrected chi connectivity index (χ1v) is 5.74. The van der Waals surface area contributed by atoms with Crippen molar-refractivity contribution in [1.82, 2.24) is 15.4 Å². The van der Waals surface area contributed by atoms with E-state index in [1.807, 2.05) is 27.7 Å². The van der Waals surface area contributed by atoms with Crippen molar-refractivity contribution in [1.29, 1.82) is 0 Å². The molecule has 0 aliphatic carbocycles. The number of hydrogen-bond acceptors (Lipinski definition) is 4. The summed E-state index contributed by atoms with van der Waals surface area (Å²) in [5.41, 5.74) is 1.90. The first-order valence-electron chi connectivity index (χ1n) is 5.74. The highest BCUT2D eigenvalue weighted by atomic mass is 16.5. The van der Waals surface area contributed by atoms with Gasteiger partial charge < -0.3 is 9.42 Å². The third kappa shape index (κ3) is 3.06. The zero-order valence-corrected chi connectivity index (χ0v) is 11.4. The van der Waals surface area contributed by atoms with Crippen LogP contribution in [0.3, 0.4) is 0 Å². The maximum atomic E-state index is 11.7. The molecule has 0 saturated carbocycles. The van der Waals surface area contributed by atoms with Crippen molar-refractivity contribution in [3.05, 3.63) is 17.0 Å². The molecule has 1 heterocycles. The summed E-state index contributed by atoms with van der Waals surface area (Å²) in [6, 6.07) is -0.186. The highest BCUT2D eigenvalue weighted by Crippen LogP contribution is 2.21. The lowest BCUT2D eigenvalue weighted by molar-refractivity contribution is -0.130. The Labute approximate surface area is 102 Å². The van der Waals surface area contributed by atoms with E-state index in [4.69, 9.17) is 4.52 Å². The van der Waals surface area contributed by atoms with Gasteiger partial charge in [-0.1, -0.05) is 5.16 Å². The largest absolute Gasteiger partial charge is 0.361 e. The molecule has 0 spiro atoms. The molecule has 0 aliphatic heterocycles. The average Bonchev–Trinajstić information content (AvgIpc) is 2.56. The van der Waals surface area contributed by atoms with Crippen LogP contribution in [0.5, 0.6) is 0 Å². The van der Waals surface area contributed by atoms with Gasteiger partial charge in [0.1, 0.15) is 5.76 Å². The number of aromatic nitrogens is 1. The molecule has 5 nitrogen and oxygen atoms in total. The Morgan fingerprint density at radius 1 is 1.35 bits per heavy atom. The molecule has 1 aromatic heterocycles. The van der Waals surface area contributed by atoms with E-state index in [1.54, 1.807) is 19.0 Å². The predicted molar refractivity (Wildman–Crippen MR) is 65.7 cm³/mol. The minimum Gasteiger partial charge on any atom is -0.361 e. The molecule has 0 radical (unpaired) electrons. The topological polar surface area (TPSA) is 58.4 Å². The van der Waals surface area contributed by atoms with Crippen LogP contribution in [0.25, 0.3) is 0 Å². The van der Waals surface area contributed by atoms with Crippen LogP contribution in [0, 0.1) is 13.8 Å². The molecule has 5 heteroatoms. The lowest BCUT2D eigenvalue weighted by Gasteiger charge is -2.22. The van der Waals surface area contributed by atoms with Crippen molar-refractivity contribution in [2.45, 2.75) is 39.8 Å². The number of hydrogen-bond donors (Lipinski definition) is 1. The molecule has 96 valence electrons. The highest BCUT2D eigenvalue weighted by Gasteiger charge is 2.21. The maximum Gasteiger partial charge on any atom is 0.238 e. The molecule has 0 fully saturated rings. The monoisotopic (exact) mass is 239 g/mol. The summed E-state index contributed by atoms with van der Waals surface area (Å²) in [6.45, 7) is 7.65. The number of nitrogens with one attached hydrogen (secondary N) is 1. The molecule has 0 bridgehead atoms. The van der Waals surface area contributed by atoms with Gasteiger partial charge in [0, 0.05) is 25.7 Å². The summed E-state index contributed by atoms with van der Waals surface area (Å²) in [5.74, 6) is 0.857. The molecule has 0 aromatic carbocycles. The van der Waals surface area contributed by atoms with Crippen LogP contribution in [0.2, 0.25) is 0 Å². The summed E-state index contributed by atoms with van der Waals surface area (Å²) < 4.78 is 5.12. The Kier molecular flexibility index (Phi) is 4.28. The highest BCUT2D eigenvalue weighted by molar-refractivity contribution is 5.80. The van der Waals surface area contributed by atoms with E-state index in [0.717, 1.165) is 17.0 Å². The normalized spacial score (nSPS) is 14.5.